The van der Waals surface area contributed by atoms with Crippen LogP contribution in [0.2, 0.25) is 0 Å². The van der Waals surface area contributed by atoms with E-state index < -0.39 is 0 Å². The first-order valence-corrected chi connectivity index (χ1v) is 11.6. The van der Waals surface area contributed by atoms with E-state index in [4.69, 9.17) is 9.97 Å². The normalized spacial score (nSPS) is 19.6. The average molecular weight is 436 g/mol. The van der Waals surface area contributed by atoms with E-state index in [0.717, 1.165) is 48.8 Å². The van der Waals surface area contributed by atoms with E-state index >= 15 is 0 Å². The molecule has 170 valence electrons. The van der Waals surface area contributed by atoms with Gasteiger partial charge in [0.05, 0.1) is 5.69 Å². The maximum Gasteiger partial charge on any atom is 0.225 e. The Morgan fingerprint density at radius 2 is 1.84 bits per heavy atom. The first kappa shape index (κ1) is 22.2. The lowest BCUT2D eigenvalue weighted by molar-refractivity contribution is -0.135. The maximum atomic E-state index is 12.7. The van der Waals surface area contributed by atoms with Gasteiger partial charge in [-0.05, 0) is 18.4 Å². The van der Waals surface area contributed by atoms with Crippen molar-refractivity contribution in [3.63, 3.8) is 0 Å². The number of piperidine rings is 1. The second kappa shape index (κ2) is 9.67. The Hall–Kier alpha value is -2.96. The molecule has 0 radical (unpaired) electrons. The molecule has 2 aliphatic heterocycles. The molecule has 0 aliphatic carbocycles. The van der Waals surface area contributed by atoms with Crippen LogP contribution in [-0.4, -0.2) is 58.3 Å². The SMILES string of the molecule is CNc1cc(C2CC(=O)N(Cc3ccccc3)C2)nc(C2CCN(C(=O)C(C)C)CC2)n1. The summed E-state index contributed by atoms with van der Waals surface area (Å²) >= 11 is 0. The van der Waals surface area contributed by atoms with Crippen molar-refractivity contribution in [2.75, 3.05) is 32.0 Å². The third-order valence-electron chi connectivity index (χ3n) is 6.53. The lowest BCUT2D eigenvalue weighted by Gasteiger charge is -2.32. The van der Waals surface area contributed by atoms with E-state index in [1.807, 2.05) is 55.0 Å². The number of nitrogens with one attached hydrogen (secondary N) is 1. The Kier molecular flexibility index (Phi) is 6.72. The van der Waals surface area contributed by atoms with Gasteiger partial charge < -0.3 is 15.1 Å². The number of carbonyl (C=O) groups is 2. The van der Waals surface area contributed by atoms with E-state index in [1.165, 1.54) is 0 Å². The molecule has 4 rings (SSSR count). The zero-order valence-corrected chi connectivity index (χ0v) is 19.3. The second-order valence-electron chi connectivity index (χ2n) is 9.20. The topological polar surface area (TPSA) is 78.4 Å². The van der Waals surface area contributed by atoms with Crippen molar-refractivity contribution in [1.82, 2.24) is 19.8 Å². The molecule has 2 aliphatic rings. The zero-order valence-electron chi connectivity index (χ0n) is 19.3. The molecule has 7 heteroatoms. The number of benzene rings is 1. The molecule has 2 saturated heterocycles. The Labute approximate surface area is 190 Å². The van der Waals surface area contributed by atoms with E-state index in [0.29, 0.717) is 19.5 Å². The number of aromatic nitrogens is 2. The first-order chi connectivity index (χ1) is 15.4. The van der Waals surface area contributed by atoms with Crippen LogP contribution in [-0.2, 0) is 16.1 Å². The minimum atomic E-state index is 0.0285. The molecule has 1 atom stereocenters. The van der Waals surface area contributed by atoms with E-state index in [2.05, 4.69) is 17.4 Å². The summed E-state index contributed by atoms with van der Waals surface area (Å²) in [5, 5.41) is 3.16. The number of nitrogens with zero attached hydrogens (tertiary/aromatic N) is 4. The Bertz CT molecular complexity index is 954. The minimum absolute atomic E-state index is 0.0285. The fourth-order valence-electron chi connectivity index (χ4n) is 4.66. The van der Waals surface area contributed by atoms with Crippen LogP contribution in [0.25, 0.3) is 0 Å². The molecule has 2 aromatic rings. The maximum absolute atomic E-state index is 12.7. The standard InChI is InChI=1S/C25H33N5O2/c1-17(2)25(32)29-11-9-19(10-12-29)24-27-21(14-22(26-3)28-24)20-13-23(31)30(16-20)15-18-7-5-4-6-8-18/h4-8,14,17,19-20H,9-13,15-16H2,1-3H3,(H,26,27,28). The number of rotatable bonds is 6. The van der Waals surface area contributed by atoms with Crippen molar-refractivity contribution in [2.45, 2.75) is 51.5 Å². The Morgan fingerprint density at radius 1 is 1.12 bits per heavy atom. The van der Waals surface area contributed by atoms with Crippen molar-refractivity contribution in [3.05, 3.63) is 53.5 Å². The molecule has 0 spiro atoms. The van der Waals surface area contributed by atoms with Gasteiger partial charge in [0.25, 0.3) is 0 Å². The average Bonchev–Trinajstić information content (AvgIpc) is 3.19. The smallest absolute Gasteiger partial charge is 0.225 e. The number of amides is 2. The fraction of sp³-hybridized carbons (Fsp3) is 0.520. The molecule has 1 unspecified atom stereocenters. The molecule has 1 aromatic heterocycles. The minimum Gasteiger partial charge on any atom is -0.373 e. The lowest BCUT2D eigenvalue weighted by Crippen LogP contribution is -2.40. The highest BCUT2D eigenvalue weighted by atomic mass is 16.2. The lowest BCUT2D eigenvalue weighted by atomic mass is 9.94. The first-order valence-electron chi connectivity index (χ1n) is 11.6. The van der Waals surface area contributed by atoms with Crippen molar-refractivity contribution >= 4 is 17.6 Å². The molecule has 3 heterocycles. The van der Waals surface area contributed by atoms with Crippen LogP contribution in [0, 0.1) is 5.92 Å². The van der Waals surface area contributed by atoms with Crippen LogP contribution in [0.5, 0.6) is 0 Å². The van der Waals surface area contributed by atoms with Gasteiger partial charge in [-0.1, -0.05) is 44.2 Å². The molecule has 1 aromatic carbocycles. The van der Waals surface area contributed by atoms with Gasteiger partial charge in [0.2, 0.25) is 11.8 Å². The van der Waals surface area contributed by atoms with Crippen molar-refractivity contribution in [1.29, 1.82) is 0 Å². The molecule has 2 fully saturated rings. The summed E-state index contributed by atoms with van der Waals surface area (Å²) in [5.41, 5.74) is 2.08. The van der Waals surface area contributed by atoms with E-state index in [-0.39, 0.29) is 29.6 Å². The zero-order chi connectivity index (χ0) is 22.7. The van der Waals surface area contributed by atoms with Gasteiger partial charge in [0, 0.05) is 63.5 Å². The monoisotopic (exact) mass is 435 g/mol. The van der Waals surface area contributed by atoms with Crippen molar-refractivity contribution in [2.24, 2.45) is 5.92 Å². The summed E-state index contributed by atoms with van der Waals surface area (Å²) in [6.45, 7) is 6.70. The highest BCUT2D eigenvalue weighted by Gasteiger charge is 2.33. The molecule has 7 nitrogen and oxygen atoms in total. The number of likely N-dealkylation sites (tertiary alicyclic amines) is 2. The molecular weight excluding hydrogens is 402 g/mol. The van der Waals surface area contributed by atoms with Crippen LogP contribution < -0.4 is 5.32 Å². The van der Waals surface area contributed by atoms with E-state index in [1.54, 1.807) is 0 Å². The highest BCUT2D eigenvalue weighted by Crippen LogP contribution is 2.32. The summed E-state index contributed by atoms with van der Waals surface area (Å²) in [6.07, 6.45) is 2.22. The predicted molar refractivity (Wildman–Crippen MR) is 124 cm³/mol. The van der Waals surface area contributed by atoms with Gasteiger partial charge >= 0.3 is 0 Å². The summed E-state index contributed by atoms with van der Waals surface area (Å²) in [5.74, 6) is 2.35. The van der Waals surface area contributed by atoms with Crippen LogP contribution in [0.3, 0.4) is 0 Å². The number of carbonyl (C=O) groups excluding carboxylic acids is 2. The summed E-state index contributed by atoms with van der Waals surface area (Å²) in [7, 11) is 1.86. The molecule has 0 saturated carbocycles. The Balaban J connectivity index is 1.47. The van der Waals surface area contributed by atoms with Crippen molar-refractivity contribution < 1.29 is 9.59 Å². The van der Waals surface area contributed by atoms with Gasteiger partial charge in [0.15, 0.2) is 0 Å². The van der Waals surface area contributed by atoms with Crippen LogP contribution in [0.4, 0.5) is 5.82 Å². The van der Waals surface area contributed by atoms with Crippen molar-refractivity contribution in [3.8, 4) is 0 Å². The van der Waals surface area contributed by atoms with Gasteiger partial charge in [-0.3, -0.25) is 9.59 Å². The van der Waals surface area contributed by atoms with Gasteiger partial charge in [-0.25, -0.2) is 9.97 Å². The Morgan fingerprint density at radius 3 is 2.50 bits per heavy atom. The molecule has 32 heavy (non-hydrogen) atoms. The quantitative estimate of drug-likeness (QED) is 0.752. The van der Waals surface area contributed by atoms with E-state index in [9.17, 15) is 9.59 Å². The molecule has 2 amide bonds. The van der Waals surface area contributed by atoms with Crippen LogP contribution in [0.15, 0.2) is 36.4 Å². The van der Waals surface area contributed by atoms with Crippen LogP contribution >= 0.6 is 0 Å². The number of hydrogen-bond donors (Lipinski definition) is 1. The fourth-order valence-corrected chi connectivity index (χ4v) is 4.66. The molecule has 0 bridgehead atoms. The molecule has 1 N–H and O–H groups in total. The third kappa shape index (κ3) is 4.92. The summed E-state index contributed by atoms with van der Waals surface area (Å²) < 4.78 is 0. The highest BCUT2D eigenvalue weighted by molar-refractivity contribution is 5.79. The van der Waals surface area contributed by atoms with Gasteiger partial charge in [0.1, 0.15) is 11.6 Å². The summed E-state index contributed by atoms with van der Waals surface area (Å²) in [4.78, 5) is 38.6. The number of hydrogen-bond acceptors (Lipinski definition) is 5. The summed E-state index contributed by atoms with van der Waals surface area (Å²) in [6, 6.07) is 12.1. The largest absolute Gasteiger partial charge is 0.373 e. The van der Waals surface area contributed by atoms with Gasteiger partial charge in [-0.15, -0.1) is 0 Å². The molecular formula is C25H33N5O2. The predicted octanol–water partition coefficient (Wildman–Crippen LogP) is 3.40. The van der Waals surface area contributed by atoms with Gasteiger partial charge in [-0.2, -0.15) is 0 Å². The third-order valence-corrected chi connectivity index (χ3v) is 6.53. The number of anilines is 1. The second-order valence-corrected chi connectivity index (χ2v) is 9.20. The van der Waals surface area contributed by atoms with Crippen LogP contribution in [0.1, 0.15) is 62.0 Å².